The molecule has 0 fully saturated rings. The van der Waals surface area contributed by atoms with Crippen molar-refractivity contribution in [3.8, 4) is 0 Å². The van der Waals surface area contributed by atoms with Crippen LogP contribution < -0.4 is 0 Å². The summed E-state index contributed by atoms with van der Waals surface area (Å²) in [7, 11) is 0. The van der Waals surface area contributed by atoms with E-state index in [2.05, 4.69) is 31.9 Å². The normalized spacial score (nSPS) is 11.3. The maximum Gasteiger partial charge on any atom is 0.139 e. The van der Waals surface area contributed by atoms with E-state index >= 15 is 0 Å². The largest absolute Gasteiger partial charge is 0.299 e. The van der Waals surface area contributed by atoms with Gasteiger partial charge in [-0.1, -0.05) is 32.0 Å². The summed E-state index contributed by atoms with van der Waals surface area (Å²) in [5.41, 5.74) is 2.03. The topological polar surface area (TPSA) is 34.9 Å². The molecule has 0 atom stereocenters. The number of ketones is 1. The lowest BCUT2D eigenvalue weighted by molar-refractivity contribution is -0.119. The van der Waals surface area contributed by atoms with Crippen LogP contribution in [0.3, 0.4) is 0 Å². The molecule has 96 valence electrons. The van der Waals surface area contributed by atoms with Gasteiger partial charge < -0.3 is 0 Å². The van der Waals surface area contributed by atoms with E-state index in [0.29, 0.717) is 18.8 Å². The predicted octanol–water partition coefficient (Wildman–Crippen LogP) is 3.21. The monoisotopic (exact) mass is 244 g/mol. The first kappa shape index (κ1) is 12.8. The maximum atomic E-state index is 11.9. The zero-order valence-corrected chi connectivity index (χ0v) is 11.3. The fraction of sp³-hybridized carbons (Fsp3) is 0.467. The minimum Gasteiger partial charge on any atom is -0.299 e. The van der Waals surface area contributed by atoms with Gasteiger partial charge in [0.25, 0.3) is 0 Å². The average Bonchev–Trinajstić information content (AvgIpc) is 2.67. The van der Waals surface area contributed by atoms with Crippen LogP contribution in [-0.2, 0) is 17.8 Å². The number of Topliss-reactive ketones (excluding diaryl/α,β-unsaturated/α-hetero) is 1. The molecule has 1 aromatic heterocycles. The maximum absolute atomic E-state index is 11.9. The van der Waals surface area contributed by atoms with E-state index in [0.717, 1.165) is 23.1 Å². The molecule has 0 aliphatic rings. The van der Waals surface area contributed by atoms with Crippen molar-refractivity contribution in [1.82, 2.24) is 9.78 Å². The van der Waals surface area contributed by atoms with Crippen LogP contribution in [0.15, 0.2) is 24.3 Å². The number of aromatic nitrogens is 2. The Balaban J connectivity index is 2.31. The molecule has 18 heavy (non-hydrogen) atoms. The second-order valence-electron chi connectivity index (χ2n) is 5.09. The molecule has 3 heteroatoms. The molecule has 0 aliphatic heterocycles. The van der Waals surface area contributed by atoms with Crippen molar-refractivity contribution >= 4 is 16.7 Å². The smallest absolute Gasteiger partial charge is 0.139 e. The van der Waals surface area contributed by atoms with E-state index in [9.17, 15) is 4.79 Å². The van der Waals surface area contributed by atoms with Crippen molar-refractivity contribution < 1.29 is 4.79 Å². The number of nitrogens with zero attached hydrogens (tertiary/aromatic N) is 2. The minimum atomic E-state index is 0.275. The molecule has 0 saturated heterocycles. The molecule has 0 amide bonds. The van der Waals surface area contributed by atoms with Gasteiger partial charge in [-0.05, 0) is 18.9 Å². The first-order chi connectivity index (χ1) is 8.61. The lowest BCUT2D eigenvalue weighted by atomic mass is 10.0. The molecule has 1 heterocycles. The van der Waals surface area contributed by atoms with Crippen molar-refractivity contribution in [2.24, 2.45) is 5.92 Å². The quantitative estimate of drug-likeness (QED) is 0.809. The number of carbonyl (C=O) groups excluding carboxylic acids is 1. The highest BCUT2D eigenvalue weighted by molar-refractivity contribution is 5.88. The Morgan fingerprint density at radius 1 is 1.33 bits per heavy atom. The van der Waals surface area contributed by atoms with Gasteiger partial charge >= 0.3 is 0 Å². The van der Waals surface area contributed by atoms with E-state index in [1.54, 1.807) is 0 Å². The van der Waals surface area contributed by atoms with Gasteiger partial charge in [-0.3, -0.25) is 9.48 Å². The summed E-state index contributed by atoms with van der Waals surface area (Å²) in [6, 6.07) is 8.12. The van der Waals surface area contributed by atoms with Gasteiger partial charge in [-0.15, -0.1) is 0 Å². The van der Waals surface area contributed by atoms with Gasteiger partial charge in [0.05, 0.1) is 17.6 Å². The first-order valence-corrected chi connectivity index (χ1v) is 6.58. The number of hydrogen-bond acceptors (Lipinski definition) is 2. The third-order valence-electron chi connectivity index (χ3n) is 3.03. The Kier molecular flexibility index (Phi) is 3.80. The fourth-order valence-corrected chi connectivity index (χ4v) is 2.28. The second kappa shape index (κ2) is 5.34. The SMILES string of the molecule is CCn1nc(CC(=O)CC(C)C)c2ccccc21. The Labute approximate surface area is 108 Å². The zero-order chi connectivity index (χ0) is 13.1. The molecule has 1 aromatic carbocycles. The number of benzene rings is 1. The van der Waals surface area contributed by atoms with Crippen LogP contribution in [0.2, 0.25) is 0 Å². The molecule has 0 saturated carbocycles. The van der Waals surface area contributed by atoms with Crippen LogP contribution in [0.1, 0.15) is 32.9 Å². The lowest BCUT2D eigenvalue weighted by Crippen LogP contribution is -2.07. The third kappa shape index (κ3) is 2.61. The van der Waals surface area contributed by atoms with Gasteiger partial charge in [0.2, 0.25) is 0 Å². The van der Waals surface area contributed by atoms with Crippen LogP contribution >= 0.6 is 0 Å². The molecule has 2 aromatic rings. The van der Waals surface area contributed by atoms with E-state index in [1.165, 1.54) is 0 Å². The Hall–Kier alpha value is -1.64. The molecule has 0 unspecified atom stereocenters. The van der Waals surface area contributed by atoms with Crippen LogP contribution in [0, 0.1) is 5.92 Å². The summed E-state index contributed by atoms with van der Waals surface area (Å²) in [6.45, 7) is 7.04. The standard InChI is InChI=1S/C15H20N2O/c1-4-17-15-8-6-5-7-13(15)14(16-17)10-12(18)9-11(2)3/h5-8,11H,4,9-10H2,1-3H3. The molecule has 2 rings (SSSR count). The van der Waals surface area contributed by atoms with Gasteiger partial charge in [-0.25, -0.2) is 0 Å². The van der Waals surface area contributed by atoms with Crippen LogP contribution in [0.5, 0.6) is 0 Å². The lowest BCUT2D eigenvalue weighted by Gasteiger charge is -2.02. The molecular formula is C15H20N2O. The van der Waals surface area contributed by atoms with Crippen molar-refractivity contribution in [1.29, 1.82) is 0 Å². The van der Waals surface area contributed by atoms with Gasteiger partial charge in [0, 0.05) is 18.4 Å². The van der Waals surface area contributed by atoms with Gasteiger partial charge in [-0.2, -0.15) is 5.10 Å². The Morgan fingerprint density at radius 2 is 2.06 bits per heavy atom. The third-order valence-corrected chi connectivity index (χ3v) is 3.03. The van der Waals surface area contributed by atoms with Gasteiger partial charge in [0.1, 0.15) is 5.78 Å². The summed E-state index contributed by atoms with van der Waals surface area (Å²) < 4.78 is 1.97. The van der Waals surface area contributed by atoms with Crippen molar-refractivity contribution in [2.75, 3.05) is 0 Å². The summed E-state index contributed by atoms with van der Waals surface area (Å²) in [5.74, 6) is 0.688. The van der Waals surface area contributed by atoms with E-state index in [4.69, 9.17) is 0 Å². The number of para-hydroxylation sites is 1. The molecule has 0 spiro atoms. The molecule has 0 aliphatic carbocycles. The highest BCUT2D eigenvalue weighted by atomic mass is 16.1. The summed E-state index contributed by atoms with van der Waals surface area (Å²) in [5, 5.41) is 5.66. The fourth-order valence-electron chi connectivity index (χ4n) is 2.28. The predicted molar refractivity (Wildman–Crippen MR) is 73.6 cm³/mol. The number of aryl methyl sites for hydroxylation is 1. The zero-order valence-electron chi connectivity index (χ0n) is 11.3. The van der Waals surface area contributed by atoms with Crippen LogP contribution in [0.25, 0.3) is 10.9 Å². The summed E-state index contributed by atoms with van der Waals surface area (Å²) in [6.07, 6.45) is 1.08. The first-order valence-electron chi connectivity index (χ1n) is 6.58. The number of fused-ring (bicyclic) bond motifs is 1. The molecule has 0 N–H and O–H groups in total. The Bertz CT molecular complexity index is 555. The highest BCUT2D eigenvalue weighted by Gasteiger charge is 2.13. The number of carbonyl (C=O) groups is 1. The van der Waals surface area contributed by atoms with Crippen molar-refractivity contribution in [3.63, 3.8) is 0 Å². The van der Waals surface area contributed by atoms with E-state index in [-0.39, 0.29) is 5.78 Å². The molecular weight excluding hydrogens is 224 g/mol. The van der Waals surface area contributed by atoms with Crippen molar-refractivity contribution in [3.05, 3.63) is 30.0 Å². The summed E-state index contributed by atoms with van der Waals surface area (Å²) >= 11 is 0. The summed E-state index contributed by atoms with van der Waals surface area (Å²) in [4.78, 5) is 11.9. The second-order valence-corrected chi connectivity index (χ2v) is 5.09. The van der Waals surface area contributed by atoms with E-state index < -0.39 is 0 Å². The Morgan fingerprint density at radius 3 is 2.72 bits per heavy atom. The number of hydrogen-bond donors (Lipinski definition) is 0. The molecule has 0 radical (unpaired) electrons. The highest BCUT2D eigenvalue weighted by Crippen LogP contribution is 2.19. The molecule has 3 nitrogen and oxygen atoms in total. The average molecular weight is 244 g/mol. The van der Waals surface area contributed by atoms with Gasteiger partial charge in [0.15, 0.2) is 0 Å². The molecule has 0 bridgehead atoms. The minimum absolute atomic E-state index is 0.275. The van der Waals surface area contributed by atoms with Crippen LogP contribution in [0.4, 0.5) is 0 Å². The van der Waals surface area contributed by atoms with E-state index in [1.807, 2.05) is 22.9 Å². The van der Waals surface area contributed by atoms with Crippen LogP contribution in [-0.4, -0.2) is 15.6 Å². The van der Waals surface area contributed by atoms with Crippen molar-refractivity contribution in [2.45, 2.75) is 40.2 Å². The number of rotatable bonds is 5.